The molecule has 0 aliphatic rings. The maximum absolute atomic E-state index is 12.0. The van der Waals surface area contributed by atoms with Gasteiger partial charge in [0.25, 0.3) is 5.91 Å². The second-order valence-electron chi connectivity index (χ2n) is 5.51. The second kappa shape index (κ2) is 7.78. The van der Waals surface area contributed by atoms with Gasteiger partial charge in [-0.2, -0.15) is 0 Å². The standard InChI is InChI=1S/C17H21N3O2S/c1-11(2)18-17(23)20-19-16(21)12(3)22-15-9-8-13-6-4-5-7-14(13)10-15/h4-12H,1-3H3,(H,19,21)(H2,18,20,23)/t12-/m1/s1. The summed E-state index contributed by atoms with van der Waals surface area (Å²) in [6, 6.07) is 13.9. The van der Waals surface area contributed by atoms with Gasteiger partial charge in [0.2, 0.25) is 0 Å². The summed E-state index contributed by atoms with van der Waals surface area (Å²) < 4.78 is 5.68. The molecule has 0 spiro atoms. The minimum atomic E-state index is -0.648. The van der Waals surface area contributed by atoms with Gasteiger partial charge in [0.15, 0.2) is 11.2 Å². The van der Waals surface area contributed by atoms with Crippen molar-refractivity contribution in [3.8, 4) is 5.75 Å². The molecule has 1 atom stereocenters. The molecule has 6 heteroatoms. The molecule has 0 saturated carbocycles. The first-order valence-electron chi connectivity index (χ1n) is 7.47. The summed E-state index contributed by atoms with van der Waals surface area (Å²) in [5.41, 5.74) is 5.18. The molecular weight excluding hydrogens is 310 g/mol. The number of thiocarbonyl (C=S) groups is 1. The number of carbonyl (C=O) groups excluding carboxylic acids is 1. The van der Waals surface area contributed by atoms with Crippen molar-refractivity contribution in [2.45, 2.75) is 32.9 Å². The van der Waals surface area contributed by atoms with Crippen LogP contribution >= 0.6 is 12.2 Å². The molecule has 2 aromatic rings. The Hall–Kier alpha value is -2.34. The van der Waals surface area contributed by atoms with Crippen LogP contribution in [0.15, 0.2) is 42.5 Å². The van der Waals surface area contributed by atoms with Gasteiger partial charge in [-0.25, -0.2) is 0 Å². The number of nitrogens with one attached hydrogen (secondary N) is 3. The molecule has 0 heterocycles. The molecule has 0 fully saturated rings. The van der Waals surface area contributed by atoms with Crippen LogP contribution in [0.1, 0.15) is 20.8 Å². The van der Waals surface area contributed by atoms with Crippen molar-refractivity contribution in [2.24, 2.45) is 0 Å². The van der Waals surface area contributed by atoms with Gasteiger partial charge in [-0.05, 0) is 55.9 Å². The van der Waals surface area contributed by atoms with Crippen molar-refractivity contribution in [3.63, 3.8) is 0 Å². The van der Waals surface area contributed by atoms with E-state index in [0.29, 0.717) is 10.9 Å². The zero-order chi connectivity index (χ0) is 16.8. The summed E-state index contributed by atoms with van der Waals surface area (Å²) in [6.45, 7) is 5.60. The summed E-state index contributed by atoms with van der Waals surface area (Å²) in [6.07, 6.45) is -0.648. The van der Waals surface area contributed by atoms with Crippen LogP contribution in [-0.2, 0) is 4.79 Å². The van der Waals surface area contributed by atoms with Crippen molar-refractivity contribution in [3.05, 3.63) is 42.5 Å². The molecule has 122 valence electrons. The number of ether oxygens (including phenoxy) is 1. The Bertz CT molecular complexity index is 703. The number of hydrazine groups is 1. The number of carbonyl (C=O) groups is 1. The van der Waals surface area contributed by atoms with Crippen molar-refractivity contribution in [1.82, 2.24) is 16.2 Å². The molecule has 2 aromatic carbocycles. The van der Waals surface area contributed by atoms with Crippen LogP contribution in [0.3, 0.4) is 0 Å². The molecule has 0 aromatic heterocycles. The molecule has 1 amide bonds. The van der Waals surface area contributed by atoms with E-state index in [1.807, 2.05) is 56.3 Å². The second-order valence-corrected chi connectivity index (χ2v) is 5.92. The molecule has 2 rings (SSSR count). The fraction of sp³-hybridized carbons (Fsp3) is 0.294. The highest BCUT2D eigenvalue weighted by Gasteiger charge is 2.15. The molecule has 0 bridgehead atoms. The molecule has 23 heavy (non-hydrogen) atoms. The monoisotopic (exact) mass is 331 g/mol. The van der Waals surface area contributed by atoms with Crippen molar-refractivity contribution >= 4 is 34.0 Å². The van der Waals surface area contributed by atoms with Crippen molar-refractivity contribution < 1.29 is 9.53 Å². The van der Waals surface area contributed by atoms with Crippen LogP contribution in [0.2, 0.25) is 0 Å². The van der Waals surface area contributed by atoms with Crippen molar-refractivity contribution in [2.75, 3.05) is 0 Å². The van der Waals surface area contributed by atoms with Crippen LogP contribution in [0, 0.1) is 0 Å². The maximum atomic E-state index is 12.0. The average molecular weight is 331 g/mol. The van der Waals surface area contributed by atoms with E-state index in [9.17, 15) is 4.79 Å². The van der Waals surface area contributed by atoms with Gasteiger partial charge in [-0.3, -0.25) is 15.6 Å². The summed E-state index contributed by atoms with van der Waals surface area (Å²) >= 11 is 5.04. The van der Waals surface area contributed by atoms with E-state index < -0.39 is 6.10 Å². The van der Waals surface area contributed by atoms with E-state index in [1.54, 1.807) is 6.92 Å². The van der Waals surface area contributed by atoms with Crippen molar-refractivity contribution in [1.29, 1.82) is 0 Å². The summed E-state index contributed by atoms with van der Waals surface area (Å²) in [7, 11) is 0. The van der Waals surface area contributed by atoms with E-state index in [4.69, 9.17) is 17.0 Å². The Morgan fingerprint density at radius 1 is 1.04 bits per heavy atom. The predicted octanol–water partition coefficient (Wildman–Crippen LogP) is 2.51. The molecule has 0 aliphatic heterocycles. The van der Waals surface area contributed by atoms with Crippen LogP contribution in [0.4, 0.5) is 0 Å². The molecule has 5 nitrogen and oxygen atoms in total. The zero-order valence-electron chi connectivity index (χ0n) is 13.4. The Morgan fingerprint density at radius 2 is 1.74 bits per heavy atom. The van der Waals surface area contributed by atoms with Gasteiger partial charge < -0.3 is 10.1 Å². The molecular formula is C17H21N3O2S. The average Bonchev–Trinajstić information content (AvgIpc) is 2.51. The number of amides is 1. The SMILES string of the molecule is CC(C)NC(=S)NNC(=O)[C@@H](C)Oc1ccc2ccccc2c1. The number of benzene rings is 2. The topological polar surface area (TPSA) is 62.4 Å². The fourth-order valence-corrected chi connectivity index (χ4v) is 2.30. The third-order valence-corrected chi connectivity index (χ3v) is 3.34. The number of rotatable bonds is 4. The Labute approximate surface area is 141 Å². The van der Waals surface area contributed by atoms with Gasteiger partial charge in [-0.15, -0.1) is 0 Å². The van der Waals surface area contributed by atoms with Gasteiger partial charge >= 0.3 is 0 Å². The third kappa shape index (κ3) is 5.10. The lowest BCUT2D eigenvalue weighted by molar-refractivity contribution is -0.127. The predicted molar refractivity (Wildman–Crippen MR) is 96.2 cm³/mol. The lowest BCUT2D eigenvalue weighted by Crippen LogP contribution is -2.51. The highest BCUT2D eigenvalue weighted by atomic mass is 32.1. The van der Waals surface area contributed by atoms with Gasteiger partial charge in [0, 0.05) is 6.04 Å². The Balaban J connectivity index is 1.90. The zero-order valence-corrected chi connectivity index (χ0v) is 14.2. The molecule has 0 unspecified atom stereocenters. The molecule has 0 radical (unpaired) electrons. The lowest BCUT2D eigenvalue weighted by atomic mass is 10.1. The molecule has 3 N–H and O–H groups in total. The van der Waals surface area contributed by atoms with Crippen LogP contribution in [0.5, 0.6) is 5.75 Å². The van der Waals surface area contributed by atoms with Crippen LogP contribution < -0.4 is 20.9 Å². The maximum Gasteiger partial charge on any atom is 0.279 e. The van der Waals surface area contributed by atoms with Crippen LogP contribution in [-0.4, -0.2) is 23.2 Å². The Kier molecular flexibility index (Phi) is 5.76. The van der Waals surface area contributed by atoms with E-state index in [2.05, 4.69) is 16.2 Å². The fourth-order valence-electron chi connectivity index (χ4n) is 2.02. The normalized spacial score (nSPS) is 11.8. The third-order valence-electron chi connectivity index (χ3n) is 3.12. The molecule has 0 saturated heterocycles. The van der Waals surface area contributed by atoms with Crippen LogP contribution in [0.25, 0.3) is 10.8 Å². The molecule has 0 aliphatic carbocycles. The first-order chi connectivity index (χ1) is 11.0. The smallest absolute Gasteiger partial charge is 0.279 e. The van der Waals surface area contributed by atoms with Gasteiger partial charge in [-0.1, -0.05) is 30.3 Å². The number of hydrogen-bond acceptors (Lipinski definition) is 3. The van der Waals surface area contributed by atoms with E-state index >= 15 is 0 Å². The quantitative estimate of drug-likeness (QED) is 0.593. The highest BCUT2D eigenvalue weighted by Crippen LogP contribution is 2.21. The summed E-state index contributed by atoms with van der Waals surface area (Å²) in [5.74, 6) is 0.347. The first-order valence-corrected chi connectivity index (χ1v) is 7.88. The summed E-state index contributed by atoms with van der Waals surface area (Å²) in [5, 5.41) is 5.53. The Morgan fingerprint density at radius 3 is 2.43 bits per heavy atom. The minimum absolute atomic E-state index is 0.193. The minimum Gasteiger partial charge on any atom is -0.481 e. The summed E-state index contributed by atoms with van der Waals surface area (Å²) in [4.78, 5) is 12.0. The number of fused-ring (bicyclic) bond motifs is 1. The largest absolute Gasteiger partial charge is 0.481 e. The lowest BCUT2D eigenvalue weighted by Gasteiger charge is -2.17. The first kappa shape index (κ1) is 17.0. The van der Waals surface area contributed by atoms with Gasteiger partial charge in [0.05, 0.1) is 0 Å². The van der Waals surface area contributed by atoms with E-state index in [-0.39, 0.29) is 11.9 Å². The van der Waals surface area contributed by atoms with Gasteiger partial charge in [0.1, 0.15) is 5.75 Å². The van der Waals surface area contributed by atoms with E-state index in [1.165, 1.54) is 0 Å². The number of hydrogen-bond donors (Lipinski definition) is 3. The highest BCUT2D eigenvalue weighted by molar-refractivity contribution is 7.80. The van der Waals surface area contributed by atoms with E-state index in [0.717, 1.165) is 10.8 Å².